The maximum Gasteiger partial charge on any atom is 0.222 e. The van der Waals surface area contributed by atoms with Crippen molar-refractivity contribution >= 4 is 17.0 Å². The van der Waals surface area contributed by atoms with Gasteiger partial charge in [-0.3, -0.25) is 9.55 Å². The summed E-state index contributed by atoms with van der Waals surface area (Å²) in [5.74, 6) is 0.735. The molecule has 0 saturated carbocycles. The number of aromatic nitrogens is 5. The number of benzene rings is 1. The van der Waals surface area contributed by atoms with Gasteiger partial charge in [0.1, 0.15) is 11.6 Å². The second-order valence-electron chi connectivity index (χ2n) is 7.07. The number of nitrogens with zero attached hydrogens (tertiary/aromatic N) is 5. The van der Waals surface area contributed by atoms with Crippen molar-refractivity contribution < 1.29 is 9.50 Å². The average molecular weight is 378 g/mol. The van der Waals surface area contributed by atoms with Gasteiger partial charge in [0.2, 0.25) is 5.95 Å². The smallest absolute Gasteiger partial charge is 0.222 e. The van der Waals surface area contributed by atoms with E-state index >= 15 is 0 Å². The Kier molecular flexibility index (Phi) is 4.48. The zero-order chi connectivity index (χ0) is 19.7. The van der Waals surface area contributed by atoms with Crippen LogP contribution in [0.1, 0.15) is 13.8 Å². The second-order valence-corrected chi connectivity index (χ2v) is 7.07. The highest BCUT2D eigenvalue weighted by atomic mass is 19.1. The molecule has 3 aromatic heterocycles. The van der Waals surface area contributed by atoms with Crippen LogP contribution in [0, 0.1) is 5.82 Å². The van der Waals surface area contributed by atoms with Crippen LogP contribution < -0.4 is 5.32 Å². The molecule has 0 aliphatic rings. The zero-order valence-electron chi connectivity index (χ0n) is 15.5. The number of pyridine rings is 1. The van der Waals surface area contributed by atoms with E-state index in [1.165, 1.54) is 12.1 Å². The Morgan fingerprint density at radius 3 is 2.46 bits per heavy atom. The van der Waals surface area contributed by atoms with E-state index in [4.69, 9.17) is 0 Å². The second kappa shape index (κ2) is 6.97. The molecule has 28 heavy (non-hydrogen) atoms. The first kappa shape index (κ1) is 18.0. The third kappa shape index (κ3) is 3.67. The molecule has 0 aliphatic heterocycles. The molecule has 3 heterocycles. The molecular weight excluding hydrogens is 359 g/mol. The van der Waals surface area contributed by atoms with Crippen LogP contribution in [0.25, 0.3) is 28.1 Å². The number of hydrogen-bond donors (Lipinski definition) is 2. The van der Waals surface area contributed by atoms with Gasteiger partial charge in [0.25, 0.3) is 0 Å². The minimum atomic E-state index is -0.869. The van der Waals surface area contributed by atoms with Crippen molar-refractivity contribution in [3.8, 4) is 17.1 Å². The lowest BCUT2D eigenvalue weighted by atomic mass is 10.1. The first-order valence-electron chi connectivity index (χ1n) is 8.78. The highest BCUT2D eigenvalue weighted by Gasteiger charge is 2.16. The van der Waals surface area contributed by atoms with Crippen LogP contribution in [0.3, 0.4) is 0 Å². The minimum Gasteiger partial charge on any atom is -0.389 e. The van der Waals surface area contributed by atoms with E-state index in [9.17, 15) is 9.50 Å². The van der Waals surface area contributed by atoms with Crippen molar-refractivity contribution in [2.75, 3.05) is 11.9 Å². The molecule has 0 aliphatic carbocycles. The Labute approximate surface area is 160 Å². The summed E-state index contributed by atoms with van der Waals surface area (Å²) in [5, 5.41) is 12.8. The van der Waals surface area contributed by atoms with Crippen LogP contribution in [-0.4, -0.2) is 41.8 Å². The van der Waals surface area contributed by atoms with E-state index in [0.29, 0.717) is 23.9 Å². The topological polar surface area (TPSA) is 88.8 Å². The summed E-state index contributed by atoms with van der Waals surface area (Å²) in [6.07, 6.45) is 6.71. The van der Waals surface area contributed by atoms with Crippen LogP contribution in [0.5, 0.6) is 0 Å². The molecule has 4 aromatic rings. The largest absolute Gasteiger partial charge is 0.389 e. The summed E-state index contributed by atoms with van der Waals surface area (Å²) in [6.45, 7) is 3.73. The normalized spacial score (nSPS) is 11.7. The maximum atomic E-state index is 13.4. The van der Waals surface area contributed by atoms with Gasteiger partial charge < -0.3 is 10.4 Å². The minimum absolute atomic E-state index is 0.307. The molecule has 0 unspecified atom stereocenters. The molecule has 0 spiro atoms. The number of fused-ring (bicyclic) bond motifs is 1. The van der Waals surface area contributed by atoms with Gasteiger partial charge in [0.05, 0.1) is 28.4 Å². The van der Waals surface area contributed by atoms with Crippen molar-refractivity contribution in [2.45, 2.75) is 19.4 Å². The number of anilines is 1. The summed E-state index contributed by atoms with van der Waals surface area (Å²) in [7, 11) is 0. The fourth-order valence-electron chi connectivity index (χ4n) is 2.80. The molecule has 4 rings (SSSR count). The highest BCUT2D eigenvalue weighted by molar-refractivity contribution is 5.82. The standard InChI is InChI=1S/C20H19FN6O/c1-20(2,28)12-25-19-23-9-13(10-24-19)18-26-16-7-8-22-11-17(16)27(18)15-5-3-14(21)4-6-15/h3-11,28H,12H2,1-2H3,(H,23,24,25). The van der Waals surface area contributed by atoms with Crippen LogP contribution in [-0.2, 0) is 0 Å². The summed E-state index contributed by atoms with van der Waals surface area (Å²) in [4.78, 5) is 17.5. The lowest BCUT2D eigenvalue weighted by molar-refractivity contribution is 0.0943. The molecule has 142 valence electrons. The van der Waals surface area contributed by atoms with Crippen molar-refractivity contribution in [3.05, 3.63) is 60.9 Å². The molecule has 0 bridgehead atoms. The first-order valence-corrected chi connectivity index (χ1v) is 8.78. The zero-order valence-corrected chi connectivity index (χ0v) is 15.5. The van der Waals surface area contributed by atoms with E-state index in [-0.39, 0.29) is 5.82 Å². The Morgan fingerprint density at radius 1 is 1.07 bits per heavy atom. The highest BCUT2D eigenvalue weighted by Crippen LogP contribution is 2.27. The molecule has 8 heteroatoms. The number of nitrogens with one attached hydrogen (secondary N) is 1. The number of aliphatic hydroxyl groups is 1. The third-order valence-electron chi connectivity index (χ3n) is 4.13. The van der Waals surface area contributed by atoms with Gasteiger partial charge in [0, 0.05) is 30.8 Å². The molecule has 0 radical (unpaired) electrons. The Bertz CT molecular complexity index is 1100. The molecule has 0 amide bonds. The predicted octanol–water partition coefficient (Wildman–Crippen LogP) is 3.20. The number of hydrogen-bond acceptors (Lipinski definition) is 6. The van der Waals surface area contributed by atoms with Gasteiger partial charge in [0.15, 0.2) is 0 Å². The summed E-state index contributed by atoms with van der Waals surface area (Å²) < 4.78 is 15.3. The molecule has 0 fully saturated rings. The lowest BCUT2D eigenvalue weighted by Gasteiger charge is -2.17. The number of halogens is 1. The fourth-order valence-corrected chi connectivity index (χ4v) is 2.80. The lowest BCUT2D eigenvalue weighted by Crippen LogP contribution is -2.29. The summed E-state index contributed by atoms with van der Waals surface area (Å²) in [6, 6.07) is 8.00. The average Bonchev–Trinajstić information content (AvgIpc) is 3.06. The van der Waals surface area contributed by atoms with E-state index in [2.05, 4.69) is 25.3 Å². The monoisotopic (exact) mass is 378 g/mol. The van der Waals surface area contributed by atoms with Gasteiger partial charge in [-0.15, -0.1) is 0 Å². The molecular formula is C20H19FN6O. The molecule has 7 nitrogen and oxygen atoms in total. The Balaban J connectivity index is 1.76. The molecule has 2 N–H and O–H groups in total. The van der Waals surface area contributed by atoms with Gasteiger partial charge in [-0.2, -0.15) is 0 Å². The van der Waals surface area contributed by atoms with Crippen LogP contribution in [0.2, 0.25) is 0 Å². The number of rotatable bonds is 5. The van der Waals surface area contributed by atoms with Crippen LogP contribution in [0.4, 0.5) is 10.3 Å². The Morgan fingerprint density at radius 2 is 1.79 bits per heavy atom. The fraction of sp³-hybridized carbons (Fsp3) is 0.200. The van der Waals surface area contributed by atoms with E-state index < -0.39 is 5.60 Å². The van der Waals surface area contributed by atoms with Crippen molar-refractivity contribution in [1.29, 1.82) is 0 Å². The first-order chi connectivity index (χ1) is 13.4. The molecule has 1 aromatic carbocycles. The van der Waals surface area contributed by atoms with Crippen molar-refractivity contribution in [3.63, 3.8) is 0 Å². The van der Waals surface area contributed by atoms with E-state index in [1.807, 2.05) is 10.6 Å². The third-order valence-corrected chi connectivity index (χ3v) is 4.13. The quantitative estimate of drug-likeness (QED) is 0.554. The predicted molar refractivity (Wildman–Crippen MR) is 105 cm³/mol. The SMILES string of the molecule is CC(C)(O)CNc1ncc(-c2nc3ccncc3n2-c2ccc(F)cc2)cn1. The van der Waals surface area contributed by atoms with E-state index in [1.54, 1.807) is 50.8 Å². The summed E-state index contributed by atoms with van der Waals surface area (Å²) in [5.41, 5.74) is 2.16. The molecule has 0 atom stereocenters. The summed E-state index contributed by atoms with van der Waals surface area (Å²) >= 11 is 0. The van der Waals surface area contributed by atoms with Gasteiger partial charge in [-0.25, -0.2) is 19.3 Å². The van der Waals surface area contributed by atoms with Crippen molar-refractivity contribution in [2.24, 2.45) is 0 Å². The van der Waals surface area contributed by atoms with Crippen LogP contribution in [0.15, 0.2) is 55.1 Å². The van der Waals surface area contributed by atoms with E-state index in [0.717, 1.165) is 16.7 Å². The van der Waals surface area contributed by atoms with Gasteiger partial charge >= 0.3 is 0 Å². The molecule has 0 saturated heterocycles. The van der Waals surface area contributed by atoms with Crippen LogP contribution >= 0.6 is 0 Å². The number of imidazole rings is 1. The van der Waals surface area contributed by atoms with Gasteiger partial charge in [-0.05, 0) is 44.2 Å². The Hall–Kier alpha value is -3.39. The van der Waals surface area contributed by atoms with Crippen molar-refractivity contribution in [1.82, 2.24) is 24.5 Å². The maximum absolute atomic E-state index is 13.4. The van der Waals surface area contributed by atoms with Gasteiger partial charge in [-0.1, -0.05) is 0 Å².